The van der Waals surface area contributed by atoms with E-state index in [4.69, 9.17) is 47.8 Å². The van der Waals surface area contributed by atoms with Gasteiger partial charge in [0.1, 0.15) is 28.6 Å². The maximum absolute atomic E-state index is 14.3. The second kappa shape index (κ2) is 13.3. The van der Waals surface area contributed by atoms with Gasteiger partial charge in [-0.2, -0.15) is 0 Å². The first-order valence-corrected chi connectivity index (χ1v) is 14.8. The van der Waals surface area contributed by atoms with Crippen molar-refractivity contribution >= 4 is 46.1 Å². The summed E-state index contributed by atoms with van der Waals surface area (Å²) in [5.74, 6) is -1.11. The summed E-state index contributed by atoms with van der Waals surface area (Å²) in [5, 5.41) is 14.7. The summed E-state index contributed by atoms with van der Waals surface area (Å²) >= 11 is 12.6. The van der Waals surface area contributed by atoms with Gasteiger partial charge in [0, 0.05) is 23.6 Å². The van der Waals surface area contributed by atoms with Crippen molar-refractivity contribution in [1.29, 1.82) is 0 Å². The van der Waals surface area contributed by atoms with Crippen molar-refractivity contribution < 1.29 is 33.0 Å². The number of benzene rings is 3. The molecule has 1 atom stereocenters. The Kier molecular flexibility index (Phi) is 9.47. The van der Waals surface area contributed by atoms with Crippen molar-refractivity contribution in [2.24, 2.45) is 5.73 Å². The van der Waals surface area contributed by atoms with Gasteiger partial charge >= 0.3 is 0 Å². The Bertz CT molecular complexity index is 1950. The molecular weight excluding hydrogens is 638 g/mol. The standard InChI is InChI=1S/C33H29Cl2FN4O6/c1-4-45-31-18(15-26(37)41)14-25(40-29(31)21-10-11-22(36)28(35)27(21)34)33(43,20-8-6-5-7-9-20)16-38-32(42)19-12-23(44-3)30-24(13-19)46-17(2)39-30/h5-14,43H,4,15-16H2,1-3H3,(H2,37,41)(H,38,42)/t33-/m1/s1. The van der Waals surface area contributed by atoms with E-state index < -0.39 is 23.2 Å². The van der Waals surface area contributed by atoms with E-state index in [0.717, 1.165) is 6.07 Å². The summed E-state index contributed by atoms with van der Waals surface area (Å²) in [6, 6.07) is 15.5. The molecule has 10 nitrogen and oxygen atoms in total. The Balaban J connectivity index is 1.66. The molecule has 0 saturated heterocycles. The number of hydrogen-bond acceptors (Lipinski definition) is 8. The lowest BCUT2D eigenvalue weighted by Gasteiger charge is -2.30. The summed E-state index contributed by atoms with van der Waals surface area (Å²) in [6.07, 6.45) is -0.294. The molecule has 0 bridgehead atoms. The second-order valence-electron chi connectivity index (χ2n) is 10.3. The highest BCUT2D eigenvalue weighted by Crippen LogP contribution is 2.42. The fourth-order valence-electron chi connectivity index (χ4n) is 5.07. The third-order valence-corrected chi connectivity index (χ3v) is 8.08. The lowest BCUT2D eigenvalue weighted by atomic mass is 9.87. The highest BCUT2D eigenvalue weighted by atomic mass is 35.5. The smallest absolute Gasteiger partial charge is 0.251 e. The number of rotatable bonds is 11. The lowest BCUT2D eigenvalue weighted by molar-refractivity contribution is -0.117. The highest BCUT2D eigenvalue weighted by molar-refractivity contribution is 6.43. The van der Waals surface area contributed by atoms with Gasteiger partial charge in [-0.05, 0) is 42.8 Å². The Hall–Kier alpha value is -4.71. The number of aliphatic hydroxyl groups is 1. The molecule has 5 rings (SSSR count). The van der Waals surface area contributed by atoms with Gasteiger partial charge in [-0.25, -0.2) is 14.4 Å². The highest BCUT2D eigenvalue weighted by Gasteiger charge is 2.36. The number of methoxy groups -OCH3 is 1. The number of nitrogens with two attached hydrogens (primary N) is 1. The van der Waals surface area contributed by atoms with Crippen LogP contribution in [0, 0.1) is 12.7 Å². The van der Waals surface area contributed by atoms with Crippen LogP contribution in [0.15, 0.2) is 65.1 Å². The molecule has 2 aromatic heterocycles. The van der Waals surface area contributed by atoms with Crippen LogP contribution in [0.2, 0.25) is 10.0 Å². The van der Waals surface area contributed by atoms with Crippen molar-refractivity contribution in [1.82, 2.24) is 15.3 Å². The number of nitrogens with one attached hydrogen (secondary N) is 1. The van der Waals surface area contributed by atoms with Crippen molar-refractivity contribution in [2.45, 2.75) is 25.9 Å². The lowest BCUT2D eigenvalue weighted by Crippen LogP contribution is -2.42. The van der Waals surface area contributed by atoms with Crippen molar-refractivity contribution in [2.75, 3.05) is 20.3 Å². The molecule has 13 heteroatoms. The number of primary amides is 1. The summed E-state index contributed by atoms with van der Waals surface area (Å²) in [4.78, 5) is 34.8. The fourth-order valence-corrected chi connectivity index (χ4v) is 5.48. The van der Waals surface area contributed by atoms with Gasteiger partial charge in [0.05, 0.1) is 42.4 Å². The Morgan fingerprint density at radius 1 is 1.09 bits per heavy atom. The number of fused-ring (bicyclic) bond motifs is 1. The van der Waals surface area contributed by atoms with Crippen LogP contribution in [0.3, 0.4) is 0 Å². The van der Waals surface area contributed by atoms with Gasteiger partial charge in [0.15, 0.2) is 17.0 Å². The van der Waals surface area contributed by atoms with E-state index in [-0.39, 0.29) is 63.4 Å². The average Bonchev–Trinajstić information content (AvgIpc) is 3.43. The van der Waals surface area contributed by atoms with Crippen molar-refractivity contribution in [3.63, 3.8) is 0 Å². The van der Waals surface area contributed by atoms with Crippen LogP contribution < -0.4 is 20.5 Å². The predicted molar refractivity (Wildman–Crippen MR) is 171 cm³/mol. The Labute approximate surface area is 273 Å². The third-order valence-electron chi connectivity index (χ3n) is 7.22. The molecular formula is C33H29Cl2FN4O6. The van der Waals surface area contributed by atoms with Gasteiger partial charge in [-0.1, -0.05) is 53.5 Å². The maximum Gasteiger partial charge on any atom is 0.251 e. The quantitative estimate of drug-likeness (QED) is 0.151. The predicted octanol–water partition coefficient (Wildman–Crippen LogP) is 5.75. The number of halogens is 3. The maximum atomic E-state index is 14.3. The van der Waals surface area contributed by atoms with Crippen molar-refractivity contribution in [3.05, 3.63) is 105 Å². The van der Waals surface area contributed by atoms with Crippen LogP contribution >= 0.6 is 23.2 Å². The van der Waals surface area contributed by atoms with E-state index in [1.807, 2.05) is 0 Å². The first-order valence-electron chi connectivity index (χ1n) is 14.1. The van der Waals surface area contributed by atoms with Crippen LogP contribution in [0.1, 0.15) is 40.0 Å². The minimum Gasteiger partial charge on any atom is -0.494 e. The van der Waals surface area contributed by atoms with Crippen LogP contribution in [0.4, 0.5) is 4.39 Å². The molecule has 0 fully saturated rings. The van der Waals surface area contributed by atoms with E-state index in [1.165, 1.54) is 31.4 Å². The molecule has 5 aromatic rings. The summed E-state index contributed by atoms with van der Waals surface area (Å²) in [6.45, 7) is 3.20. The van der Waals surface area contributed by atoms with E-state index in [0.29, 0.717) is 28.3 Å². The normalized spacial score (nSPS) is 12.5. The molecule has 0 unspecified atom stereocenters. The molecule has 2 amide bonds. The first-order chi connectivity index (χ1) is 22.0. The molecule has 0 radical (unpaired) electrons. The zero-order chi connectivity index (χ0) is 33.2. The number of amides is 2. The number of ether oxygens (including phenoxy) is 2. The van der Waals surface area contributed by atoms with Gasteiger partial charge in [0.25, 0.3) is 5.91 Å². The topological polar surface area (TPSA) is 150 Å². The molecule has 3 aromatic carbocycles. The van der Waals surface area contributed by atoms with Crippen LogP contribution in [0.25, 0.3) is 22.4 Å². The van der Waals surface area contributed by atoms with E-state index in [1.54, 1.807) is 44.2 Å². The molecule has 4 N–H and O–H groups in total. The molecule has 46 heavy (non-hydrogen) atoms. The second-order valence-corrected chi connectivity index (χ2v) is 11.1. The fraction of sp³-hybridized carbons (Fsp3) is 0.212. The zero-order valence-electron chi connectivity index (χ0n) is 25.0. The number of oxazole rings is 1. The van der Waals surface area contributed by atoms with Crippen LogP contribution in [-0.2, 0) is 16.8 Å². The van der Waals surface area contributed by atoms with Gasteiger partial charge in [-0.3, -0.25) is 9.59 Å². The number of carbonyl (C=O) groups is 2. The molecule has 238 valence electrons. The Morgan fingerprint density at radius 2 is 1.83 bits per heavy atom. The largest absolute Gasteiger partial charge is 0.494 e. The summed E-state index contributed by atoms with van der Waals surface area (Å²) < 4.78 is 31.2. The summed E-state index contributed by atoms with van der Waals surface area (Å²) in [5.41, 5.74) is 5.56. The SMILES string of the molecule is CCOc1c(CC(N)=O)cc([C@@](O)(CNC(=O)c2cc(OC)c3nc(C)oc3c2)c2ccccc2)nc1-c1ccc(F)c(Cl)c1Cl. The van der Waals surface area contributed by atoms with E-state index >= 15 is 0 Å². The zero-order valence-corrected chi connectivity index (χ0v) is 26.5. The van der Waals surface area contributed by atoms with Gasteiger partial charge in [-0.15, -0.1) is 0 Å². The van der Waals surface area contributed by atoms with Gasteiger partial charge in [0.2, 0.25) is 5.91 Å². The number of pyridine rings is 1. The molecule has 0 spiro atoms. The molecule has 0 saturated carbocycles. The number of hydrogen-bond donors (Lipinski definition) is 3. The van der Waals surface area contributed by atoms with E-state index in [2.05, 4.69) is 10.3 Å². The van der Waals surface area contributed by atoms with Crippen LogP contribution in [0.5, 0.6) is 11.5 Å². The monoisotopic (exact) mass is 666 g/mol. The minimum atomic E-state index is -1.98. The average molecular weight is 668 g/mol. The number of aryl methyl sites for hydroxylation is 1. The molecule has 0 aliphatic rings. The molecule has 0 aliphatic carbocycles. The molecule has 0 aliphatic heterocycles. The summed E-state index contributed by atoms with van der Waals surface area (Å²) in [7, 11) is 1.45. The van der Waals surface area contributed by atoms with Crippen LogP contribution in [-0.4, -0.2) is 47.2 Å². The number of carbonyl (C=O) groups excluding carboxylic acids is 2. The first kappa shape index (κ1) is 32.7. The van der Waals surface area contributed by atoms with Crippen molar-refractivity contribution in [3.8, 4) is 22.8 Å². The number of aromatic nitrogens is 2. The van der Waals surface area contributed by atoms with E-state index in [9.17, 15) is 19.1 Å². The third kappa shape index (κ3) is 6.34. The number of nitrogens with zero attached hydrogens (tertiary/aromatic N) is 2. The minimum absolute atomic E-state index is 0.0177. The molecule has 2 heterocycles. The Morgan fingerprint density at radius 3 is 2.50 bits per heavy atom. The van der Waals surface area contributed by atoms with Gasteiger partial charge < -0.3 is 30.0 Å².